The van der Waals surface area contributed by atoms with Gasteiger partial charge in [-0.3, -0.25) is 14.5 Å². The maximum Gasteiger partial charge on any atom is 0.243 e. The molecule has 0 fully saturated rings. The molecule has 0 spiro atoms. The van der Waals surface area contributed by atoms with Crippen LogP contribution in [0.2, 0.25) is 0 Å². The third-order valence-electron chi connectivity index (χ3n) is 3.80. The maximum absolute atomic E-state index is 12.5. The number of nitrogens with one attached hydrogen (secondary N) is 2. The lowest BCUT2D eigenvalue weighted by atomic mass is 10.1. The third kappa shape index (κ3) is 3.47. The molecular formula is C17H18N4OS2. The Morgan fingerprint density at radius 2 is 2.12 bits per heavy atom. The van der Waals surface area contributed by atoms with Gasteiger partial charge in [-0.1, -0.05) is 35.9 Å². The average molecular weight is 358 g/mol. The average Bonchev–Trinajstić information content (AvgIpc) is 3.22. The van der Waals surface area contributed by atoms with Crippen molar-refractivity contribution in [3.63, 3.8) is 0 Å². The number of hydrogen-bond acceptors (Lipinski definition) is 4. The molecule has 0 unspecified atom stereocenters. The molecule has 0 saturated carbocycles. The van der Waals surface area contributed by atoms with Crippen LogP contribution in [0.3, 0.4) is 0 Å². The van der Waals surface area contributed by atoms with Crippen LogP contribution < -0.4 is 5.32 Å². The summed E-state index contributed by atoms with van der Waals surface area (Å²) >= 11 is 6.87. The van der Waals surface area contributed by atoms with Crippen LogP contribution in [0.1, 0.15) is 24.1 Å². The van der Waals surface area contributed by atoms with Crippen molar-refractivity contribution in [2.75, 3.05) is 0 Å². The summed E-state index contributed by atoms with van der Waals surface area (Å²) < 4.78 is 2.20. The van der Waals surface area contributed by atoms with E-state index in [4.69, 9.17) is 12.2 Å². The van der Waals surface area contributed by atoms with Gasteiger partial charge in [0.15, 0.2) is 10.6 Å². The molecule has 1 atom stereocenters. The Kier molecular flexibility index (Phi) is 4.92. The second-order valence-corrected chi connectivity index (χ2v) is 6.91. The van der Waals surface area contributed by atoms with Crippen molar-refractivity contribution < 1.29 is 4.79 Å². The fraction of sp³-hybridized carbons (Fsp3) is 0.235. The van der Waals surface area contributed by atoms with Crippen molar-refractivity contribution in [2.24, 2.45) is 0 Å². The van der Waals surface area contributed by atoms with E-state index in [-0.39, 0.29) is 5.91 Å². The van der Waals surface area contributed by atoms with Crippen LogP contribution in [0.15, 0.2) is 41.8 Å². The van der Waals surface area contributed by atoms with Gasteiger partial charge in [0, 0.05) is 6.54 Å². The van der Waals surface area contributed by atoms with E-state index in [0.717, 1.165) is 10.4 Å². The number of hydrogen-bond donors (Lipinski definition) is 2. The van der Waals surface area contributed by atoms with Crippen LogP contribution in [0.5, 0.6) is 0 Å². The quantitative estimate of drug-likeness (QED) is 0.681. The fourth-order valence-electron chi connectivity index (χ4n) is 2.40. The summed E-state index contributed by atoms with van der Waals surface area (Å²) in [6.07, 6.45) is 0. The molecule has 0 bridgehead atoms. The summed E-state index contributed by atoms with van der Waals surface area (Å²) in [4.78, 5) is 13.5. The van der Waals surface area contributed by atoms with Gasteiger partial charge in [-0.05, 0) is 43.1 Å². The van der Waals surface area contributed by atoms with E-state index in [9.17, 15) is 4.79 Å². The highest BCUT2D eigenvalue weighted by Gasteiger charge is 2.21. The normalized spacial score (nSPS) is 12.1. The molecule has 124 valence electrons. The zero-order valence-electron chi connectivity index (χ0n) is 13.4. The van der Waals surface area contributed by atoms with Gasteiger partial charge in [0.05, 0.1) is 4.88 Å². The van der Waals surface area contributed by atoms with Crippen molar-refractivity contribution in [3.05, 3.63) is 57.7 Å². The van der Waals surface area contributed by atoms with Crippen LogP contribution in [0.4, 0.5) is 0 Å². The SMILES string of the molecule is Cc1ccc(CNC(=O)[C@@H](C)n2c(-c3cccs3)n[nH]c2=S)cc1. The van der Waals surface area contributed by atoms with Crippen molar-refractivity contribution in [1.82, 2.24) is 20.1 Å². The Labute approximate surface area is 149 Å². The number of benzene rings is 1. The predicted molar refractivity (Wildman–Crippen MR) is 98.5 cm³/mol. The predicted octanol–water partition coefficient (Wildman–Crippen LogP) is 3.86. The van der Waals surface area contributed by atoms with Gasteiger partial charge in [-0.25, -0.2) is 0 Å². The Balaban J connectivity index is 1.75. The van der Waals surface area contributed by atoms with Gasteiger partial charge in [0.1, 0.15) is 6.04 Å². The topological polar surface area (TPSA) is 62.7 Å². The van der Waals surface area contributed by atoms with Crippen LogP contribution in [-0.4, -0.2) is 20.7 Å². The highest BCUT2D eigenvalue weighted by atomic mass is 32.1. The standard InChI is InChI=1S/C17H18N4OS2/c1-11-5-7-13(8-6-11)10-18-16(22)12(2)21-15(19-20-17(21)23)14-4-3-9-24-14/h3-9,12H,10H2,1-2H3,(H,18,22)(H,20,23)/t12-/m1/s1. The molecule has 0 aliphatic carbocycles. The van der Waals surface area contributed by atoms with Crippen molar-refractivity contribution in [2.45, 2.75) is 26.4 Å². The van der Waals surface area contributed by atoms with E-state index < -0.39 is 6.04 Å². The summed E-state index contributed by atoms with van der Waals surface area (Å²) in [6, 6.07) is 11.6. The summed E-state index contributed by atoms with van der Waals surface area (Å²) in [6.45, 7) is 4.35. The first-order chi connectivity index (χ1) is 11.6. The number of thiophene rings is 1. The van der Waals surface area contributed by atoms with Gasteiger partial charge < -0.3 is 5.32 Å². The highest BCUT2D eigenvalue weighted by Crippen LogP contribution is 2.25. The Morgan fingerprint density at radius 3 is 2.79 bits per heavy atom. The molecule has 5 nitrogen and oxygen atoms in total. The van der Waals surface area contributed by atoms with Crippen molar-refractivity contribution in [3.8, 4) is 10.7 Å². The number of aryl methyl sites for hydroxylation is 1. The molecule has 0 saturated heterocycles. The molecule has 7 heteroatoms. The Hall–Kier alpha value is -2.25. The smallest absolute Gasteiger partial charge is 0.243 e. The monoisotopic (exact) mass is 358 g/mol. The van der Waals surface area contributed by atoms with Crippen LogP contribution in [0.25, 0.3) is 10.7 Å². The number of carbonyl (C=O) groups is 1. The summed E-state index contributed by atoms with van der Waals surface area (Å²) in [5, 5.41) is 12.0. The summed E-state index contributed by atoms with van der Waals surface area (Å²) in [7, 11) is 0. The number of H-pyrrole nitrogens is 1. The van der Waals surface area contributed by atoms with E-state index in [1.165, 1.54) is 5.56 Å². The number of nitrogens with zero attached hydrogens (tertiary/aromatic N) is 2. The van der Waals surface area contributed by atoms with Crippen LogP contribution in [-0.2, 0) is 11.3 Å². The van der Waals surface area contributed by atoms with Crippen LogP contribution >= 0.6 is 23.6 Å². The van der Waals surface area contributed by atoms with Crippen LogP contribution in [0, 0.1) is 11.7 Å². The van der Waals surface area contributed by atoms with E-state index in [2.05, 4.69) is 15.5 Å². The molecule has 0 aliphatic rings. The van der Waals surface area contributed by atoms with Gasteiger partial charge in [0.2, 0.25) is 5.91 Å². The number of carbonyl (C=O) groups excluding carboxylic acids is 1. The molecule has 1 aromatic carbocycles. The molecule has 3 aromatic rings. The van der Waals surface area contributed by atoms with E-state index in [1.807, 2.05) is 55.6 Å². The molecule has 0 radical (unpaired) electrons. The van der Waals surface area contributed by atoms with E-state index >= 15 is 0 Å². The van der Waals surface area contributed by atoms with Gasteiger partial charge in [0.25, 0.3) is 0 Å². The zero-order valence-corrected chi connectivity index (χ0v) is 15.1. The first kappa shape index (κ1) is 16.6. The molecule has 3 rings (SSSR count). The minimum Gasteiger partial charge on any atom is -0.350 e. The summed E-state index contributed by atoms with van der Waals surface area (Å²) in [5.41, 5.74) is 2.26. The largest absolute Gasteiger partial charge is 0.350 e. The van der Waals surface area contributed by atoms with Gasteiger partial charge in [-0.15, -0.1) is 11.3 Å². The van der Waals surface area contributed by atoms with Crippen molar-refractivity contribution >= 4 is 29.5 Å². The lowest BCUT2D eigenvalue weighted by molar-refractivity contribution is -0.124. The number of amides is 1. The van der Waals surface area contributed by atoms with E-state index in [1.54, 1.807) is 15.9 Å². The molecule has 0 aliphatic heterocycles. The highest BCUT2D eigenvalue weighted by molar-refractivity contribution is 7.71. The molecule has 1 amide bonds. The second kappa shape index (κ2) is 7.11. The minimum atomic E-state index is -0.446. The van der Waals surface area contributed by atoms with Crippen molar-refractivity contribution in [1.29, 1.82) is 0 Å². The number of aromatic nitrogens is 3. The zero-order chi connectivity index (χ0) is 17.1. The first-order valence-electron chi connectivity index (χ1n) is 7.60. The third-order valence-corrected chi connectivity index (χ3v) is 4.95. The summed E-state index contributed by atoms with van der Waals surface area (Å²) in [5.74, 6) is 0.596. The van der Waals surface area contributed by atoms with E-state index in [0.29, 0.717) is 17.1 Å². The molecule has 2 N–H and O–H groups in total. The minimum absolute atomic E-state index is 0.0918. The lowest BCUT2D eigenvalue weighted by Gasteiger charge is -2.15. The maximum atomic E-state index is 12.5. The molecular weight excluding hydrogens is 340 g/mol. The number of aromatic amines is 1. The molecule has 24 heavy (non-hydrogen) atoms. The lowest BCUT2D eigenvalue weighted by Crippen LogP contribution is -2.31. The number of rotatable bonds is 5. The van der Waals surface area contributed by atoms with Gasteiger partial charge in [-0.2, -0.15) is 5.10 Å². The molecule has 2 aromatic heterocycles. The Morgan fingerprint density at radius 1 is 1.38 bits per heavy atom. The Bertz CT molecular complexity index is 878. The second-order valence-electron chi connectivity index (χ2n) is 5.58. The fourth-order valence-corrected chi connectivity index (χ4v) is 3.40. The molecule has 2 heterocycles. The first-order valence-corrected chi connectivity index (χ1v) is 8.89. The van der Waals surface area contributed by atoms with Gasteiger partial charge >= 0.3 is 0 Å².